The molecular formula is C13H17N3O3. The summed E-state index contributed by atoms with van der Waals surface area (Å²) in [6, 6.07) is 1.91. The molecule has 1 aliphatic heterocycles. The maximum atomic E-state index is 11.4. The van der Waals surface area contributed by atoms with Crippen molar-refractivity contribution in [1.29, 1.82) is 0 Å². The zero-order valence-corrected chi connectivity index (χ0v) is 11.0. The van der Waals surface area contributed by atoms with E-state index >= 15 is 0 Å². The Hall–Kier alpha value is -1.66. The Bertz CT molecular complexity index is 626. The number of hydrogen-bond donors (Lipinski definition) is 0. The third-order valence-corrected chi connectivity index (χ3v) is 3.50. The summed E-state index contributed by atoms with van der Waals surface area (Å²) in [6.07, 6.45) is 2.72. The van der Waals surface area contributed by atoms with Crippen molar-refractivity contribution in [2.45, 2.75) is 6.42 Å². The van der Waals surface area contributed by atoms with E-state index in [1.54, 1.807) is 7.05 Å². The molecule has 2 aromatic rings. The van der Waals surface area contributed by atoms with Crippen LogP contribution >= 0.6 is 0 Å². The molecule has 0 bridgehead atoms. The fourth-order valence-electron chi connectivity index (χ4n) is 2.30. The van der Waals surface area contributed by atoms with E-state index in [1.165, 1.54) is 4.57 Å². The summed E-state index contributed by atoms with van der Waals surface area (Å²) >= 11 is 0. The van der Waals surface area contributed by atoms with Gasteiger partial charge in [0.25, 0.3) is 0 Å². The number of pyridine rings is 1. The quantitative estimate of drug-likeness (QED) is 0.802. The molecular weight excluding hydrogens is 246 g/mol. The molecule has 1 aliphatic rings. The van der Waals surface area contributed by atoms with Gasteiger partial charge in [0.15, 0.2) is 11.2 Å². The van der Waals surface area contributed by atoms with Crippen LogP contribution in [0.3, 0.4) is 0 Å². The van der Waals surface area contributed by atoms with Crippen LogP contribution in [0.5, 0.6) is 0 Å². The van der Waals surface area contributed by atoms with Crippen molar-refractivity contribution in [2.24, 2.45) is 7.05 Å². The van der Waals surface area contributed by atoms with Crippen LogP contribution in [0.2, 0.25) is 0 Å². The van der Waals surface area contributed by atoms with E-state index in [1.807, 2.05) is 12.3 Å². The summed E-state index contributed by atoms with van der Waals surface area (Å²) in [6.45, 7) is 4.56. The monoisotopic (exact) mass is 263 g/mol. The van der Waals surface area contributed by atoms with Crippen molar-refractivity contribution < 1.29 is 9.15 Å². The number of oxazole rings is 1. The molecule has 0 amide bonds. The Labute approximate surface area is 110 Å². The van der Waals surface area contributed by atoms with E-state index in [2.05, 4.69) is 9.88 Å². The van der Waals surface area contributed by atoms with Gasteiger partial charge in [0.2, 0.25) is 0 Å². The van der Waals surface area contributed by atoms with E-state index in [-0.39, 0.29) is 5.76 Å². The first-order valence-corrected chi connectivity index (χ1v) is 6.48. The highest BCUT2D eigenvalue weighted by atomic mass is 16.5. The molecule has 1 saturated heterocycles. The van der Waals surface area contributed by atoms with Crippen molar-refractivity contribution in [1.82, 2.24) is 14.5 Å². The van der Waals surface area contributed by atoms with Gasteiger partial charge >= 0.3 is 5.76 Å². The molecule has 0 unspecified atom stereocenters. The average Bonchev–Trinajstić information content (AvgIpc) is 2.73. The Morgan fingerprint density at radius 3 is 2.95 bits per heavy atom. The van der Waals surface area contributed by atoms with Crippen molar-refractivity contribution >= 4 is 11.2 Å². The fourth-order valence-corrected chi connectivity index (χ4v) is 2.30. The first kappa shape index (κ1) is 12.4. The number of hydrogen-bond acceptors (Lipinski definition) is 5. The van der Waals surface area contributed by atoms with E-state index in [0.29, 0.717) is 11.2 Å². The average molecular weight is 263 g/mol. The second-order valence-corrected chi connectivity index (χ2v) is 4.80. The van der Waals surface area contributed by atoms with Crippen molar-refractivity contribution in [3.63, 3.8) is 0 Å². The zero-order chi connectivity index (χ0) is 13.2. The second-order valence-electron chi connectivity index (χ2n) is 4.80. The van der Waals surface area contributed by atoms with Crippen LogP contribution in [0.1, 0.15) is 5.56 Å². The topological polar surface area (TPSA) is 60.5 Å². The molecule has 3 rings (SSSR count). The summed E-state index contributed by atoms with van der Waals surface area (Å²) in [5.41, 5.74) is 2.25. The Morgan fingerprint density at radius 2 is 2.16 bits per heavy atom. The van der Waals surface area contributed by atoms with Crippen molar-refractivity contribution in [3.05, 3.63) is 28.4 Å². The summed E-state index contributed by atoms with van der Waals surface area (Å²) in [5.74, 6) is -0.368. The Balaban J connectivity index is 1.72. The fraction of sp³-hybridized carbons (Fsp3) is 0.538. The van der Waals surface area contributed by atoms with Crippen LogP contribution in [0, 0.1) is 0 Å². The van der Waals surface area contributed by atoms with Crippen molar-refractivity contribution in [2.75, 3.05) is 32.8 Å². The van der Waals surface area contributed by atoms with E-state index in [4.69, 9.17) is 9.15 Å². The molecule has 1 fully saturated rings. The van der Waals surface area contributed by atoms with Gasteiger partial charge in [-0.1, -0.05) is 0 Å². The molecule has 0 aromatic carbocycles. The van der Waals surface area contributed by atoms with Crippen molar-refractivity contribution in [3.8, 4) is 0 Å². The lowest BCUT2D eigenvalue weighted by Crippen LogP contribution is -2.37. The third-order valence-electron chi connectivity index (χ3n) is 3.50. The standard InChI is InChI=1S/C13H17N3O3/c1-15-12-11(19-13(15)17)8-10(9-14-12)2-3-16-4-6-18-7-5-16/h8-9H,2-7H2,1H3. The predicted octanol–water partition coefficient (Wildman–Crippen LogP) is 0.401. The highest BCUT2D eigenvalue weighted by molar-refractivity contribution is 5.68. The minimum atomic E-state index is -0.368. The van der Waals surface area contributed by atoms with Gasteiger partial charge in [-0.2, -0.15) is 0 Å². The molecule has 102 valence electrons. The van der Waals surface area contributed by atoms with Gasteiger partial charge in [0.05, 0.1) is 13.2 Å². The molecule has 3 heterocycles. The summed E-state index contributed by atoms with van der Waals surface area (Å²) in [5, 5.41) is 0. The molecule has 2 aromatic heterocycles. The molecule has 0 spiro atoms. The molecule has 0 radical (unpaired) electrons. The number of aryl methyl sites for hydroxylation is 1. The normalized spacial score (nSPS) is 17.1. The van der Waals surface area contributed by atoms with Gasteiger partial charge in [-0.05, 0) is 18.1 Å². The number of morpholine rings is 1. The highest BCUT2D eigenvalue weighted by Gasteiger charge is 2.11. The molecule has 0 atom stereocenters. The summed E-state index contributed by atoms with van der Waals surface area (Å²) in [7, 11) is 1.66. The third kappa shape index (κ3) is 2.54. The molecule has 6 heteroatoms. The van der Waals surface area contributed by atoms with Gasteiger partial charge in [-0.25, -0.2) is 9.78 Å². The lowest BCUT2D eigenvalue weighted by molar-refractivity contribution is 0.0384. The minimum Gasteiger partial charge on any atom is -0.406 e. The number of fused-ring (bicyclic) bond motifs is 1. The molecule has 0 N–H and O–H groups in total. The molecule has 6 nitrogen and oxygen atoms in total. The summed E-state index contributed by atoms with van der Waals surface area (Å²) in [4.78, 5) is 18.1. The Morgan fingerprint density at radius 1 is 1.37 bits per heavy atom. The smallest absolute Gasteiger partial charge is 0.406 e. The largest absolute Gasteiger partial charge is 0.420 e. The number of aromatic nitrogens is 2. The Kier molecular flexibility index (Phi) is 3.35. The van der Waals surface area contributed by atoms with Gasteiger partial charge in [-0.3, -0.25) is 9.47 Å². The SMILES string of the molecule is Cn1c(=O)oc2cc(CCN3CCOCC3)cnc21. The minimum absolute atomic E-state index is 0.368. The van der Waals surface area contributed by atoms with Gasteiger partial charge in [0.1, 0.15) is 0 Å². The van der Waals surface area contributed by atoms with E-state index < -0.39 is 0 Å². The molecule has 0 aliphatic carbocycles. The maximum Gasteiger partial charge on any atom is 0.420 e. The predicted molar refractivity (Wildman–Crippen MR) is 70.2 cm³/mol. The number of nitrogens with zero attached hydrogens (tertiary/aromatic N) is 3. The second kappa shape index (κ2) is 5.14. The van der Waals surface area contributed by atoms with Crippen LogP contribution in [0.25, 0.3) is 11.2 Å². The number of rotatable bonds is 3. The van der Waals surface area contributed by atoms with Crippen LogP contribution in [-0.4, -0.2) is 47.3 Å². The van der Waals surface area contributed by atoms with Crippen LogP contribution in [-0.2, 0) is 18.2 Å². The van der Waals surface area contributed by atoms with E-state index in [9.17, 15) is 4.79 Å². The molecule has 0 saturated carbocycles. The van der Waals surface area contributed by atoms with Crippen LogP contribution in [0.15, 0.2) is 21.5 Å². The van der Waals surface area contributed by atoms with Gasteiger partial charge in [-0.15, -0.1) is 0 Å². The first-order valence-electron chi connectivity index (χ1n) is 6.48. The van der Waals surface area contributed by atoms with Crippen LogP contribution < -0.4 is 5.76 Å². The summed E-state index contributed by atoms with van der Waals surface area (Å²) < 4.78 is 11.9. The van der Waals surface area contributed by atoms with Crippen LogP contribution in [0.4, 0.5) is 0 Å². The lowest BCUT2D eigenvalue weighted by atomic mass is 10.2. The first-order chi connectivity index (χ1) is 9.24. The van der Waals surface area contributed by atoms with Gasteiger partial charge < -0.3 is 9.15 Å². The number of ether oxygens (including phenoxy) is 1. The molecule has 19 heavy (non-hydrogen) atoms. The zero-order valence-electron chi connectivity index (χ0n) is 11.0. The lowest BCUT2D eigenvalue weighted by Gasteiger charge is -2.26. The van der Waals surface area contributed by atoms with E-state index in [0.717, 1.165) is 44.8 Å². The van der Waals surface area contributed by atoms with Gasteiger partial charge in [0, 0.05) is 32.9 Å². The maximum absolute atomic E-state index is 11.4. The highest BCUT2D eigenvalue weighted by Crippen LogP contribution is 2.12.